The van der Waals surface area contributed by atoms with E-state index in [9.17, 15) is 9.59 Å². The van der Waals surface area contributed by atoms with E-state index < -0.39 is 6.30 Å². The summed E-state index contributed by atoms with van der Waals surface area (Å²) in [5.74, 6) is 1.34. The van der Waals surface area contributed by atoms with E-state index in [0.29, 0.717) is 41.5 Å². The van der Waals surface area contributed by atoms with Gasteiger partial charge in [-0.05, 0) is 80.9 Å². The van der Waals surface area contributed by atoms with Gasteiger partial charge in [0, 0.05) is 36.6 Å². The van der Waals surface area contributed by atoms with Gasteiger partial charge in [-0.25, -0.2) is 9.37 Å². The first-order chi connectivity index (χ1) is 23.5. The Bertz CT molecular complexity index is 1890. The standard InChI is InChI=1S/C39H39FN4O4/c1-42(39(46)29-12-6-3-7-13-29)25-31(30-16-17-34-35(24-30)48-26-47-34)20-23-43-21-18-27(19-22-43)36(45)38-41-32-14-8-9-15-33(32)44(38)37(40)28-10-4-2-5-11-28/h2-17,24,27,31,37H,18-23,25-26H2,1H3. The molecule has 0 saturated carbocycles. The summed E-state index contributed by atoms with van der Waals surface area (Å²) in [6, 6.07) is 31.6. The lowest BCUT2D eigenvalue weighted by atomic mass is 9.90. The Morgan fingerprint density at radius 1 is 0.875 bits per heavy atom. The molecule has 4 aromatic carbocycles. The normalized spacial score (nSPS) is 16.1. The van der Waals surface area contributed by atoms with E-state index in [4.69, 9.17) is 9.47 Å². The molecule has 0 bridgehead atoms. The Morgan fingerprint density at radius 3 is 2.33 bits per heavy atom. The number of fused-ring (bicyclic) bond motifs is 2. The fourth-order valence-corrected chi connectivity index (χ4v) is 6.89. The minimum Gasteiger partial charge on any atom is -0.454 e. The van der Waals surface area contributed by atoms with Gasteiger partial charge in [-0.3, -0.25) is 14.2 Å². The molecule has 9 heteroatoms. The van der Waals surface area contributed by atoms with E-state index in [1.54, 1.807) is 29.2 Å². The summed E-state index contributed by atoms with van der Waals surface area (Å²) in [7, 11) is 1.85. The van der Waals surface area contributed by atoms with Crippen LogP contribution in [0.25, 0.3) is 11.0 Å². The monoisotopic (exact) mass is 646 g/mol. The lowest BCUT2D eigenvalue weighted by Gasteiger charge is -2.33. The van der Waals surface area contributed by atoms with Crippen LogP contribution in [0.4, 0.5) is 4.39 Å². The van der Waals surface area contributed by atoms with E-state index >= 15 is 4.39 Å². The first-order valence-electron chi connectivity index (χ1n) is 16.6. The van der Waals surface area contributed by atoms with Gasteiger partial charge in [-0.2, -0.15) is 0 Å². The summed E-state index contributed by atoms with van der Waals surface area (Å²) >= 11 is 0. The van der Waals surface area contributed by atoms with Crippen LogP contribution in [0.3, 0.4) is 0 Å². The Balaban J connectivity index is 1.03. The van der Waals surface area contributed by atoms with Crippen LogP contribution in [0.5, 0.6) is 11.5 Å². The Labute approximate surface area is 279 Å². The van der Waals surface area contributed by atoms with Gasteiger partial charge in [-0.15, -0.1) is 0 Å². The molecule has 0 radical (unpaired) electrons. The number of alkyl halides is 1. The van der Waals surface area contributed by atoms with Crippen LogP contribution >= 0.6 is 0 Å². The number of ether oxygens (including phenoxy) is 2. The number of rotatable bonds is 11. The van der Waals surface area contributed by atoms with Crippen molar-refractivity contribution in [3.8, 4) is 11.5 Å². The molecule has 1 saturated heterocycles. The fraction of sp³-hybridized carbons (Fsp3) is 0.308. The van der Waals surface area contributed by atoms with Crippen LogP contribution in [-0.2, 0) is 0 Å². The first-order valence-corrected chi connectivity index (χ1v) is 16.6. The topological polar surface area (TPSA) is 76.9 Å². The number of carbonyl (C=O) groups excluding carboxylic acids is 2. The Kier molecular flexibility index (Phi) is 9.20. The highest BCUT2D eigenvalue weighted by Crippen LogP contribution is 2.36. The van der Waals surface area contributed by atoms with Crippen LogP contribution in [0, 0.1) is 5.92 Å². The molecule has 246 valence electrons. The molecule has 2 aliphatic rings. The maximum absolute atomic E-state index is 16.0. The molecule has 1 aromatic heterocycles. The number of benzene rings is 4. The molecule has 7 rings (SSSR count). The summed E-state index contributed by atoms with van der Waals surface area (Å²) in [6.07, 6.45) is 0.649. The molecule has 0 aliphatic carbocycles. The lowest BCUT2D eigenvalue weighted by molar-refractivity contribution is 0.0779. The molecule has 2 atom stereocenters. The van der Waals surface area contributed by atoms with Crippen molar-refractivity contribution >= 4 is 22.7 Å². The predicted molar refractivity (Wildman–Crippen MR) is 182 cm³/mol. The number of hydrogen-bond donors (Lipinski definition) is 0. The minimum atomic E-state index is -1.52. The van der Waals surface area contributed by atoms with Crippen LogP contribution in [0.2, 0.25) is 0 Å². The molecule has 3 heterocycles. The molecule has 2 aliphatic heterocycles. The van der Waals surface area contributed by atoms with Crippen molar-refractivity contribution in [1.82, 2.24) is 19.4 Å². The predicted octanol–water partition coefficient (Wildman–Crippen LogP) is 7.12. The summed E-state index contributed by atoms with van der Waals surface area (Å²) in [5.41, 5.74) is 3.46. The smallest absolute Gasteiger partial charge is 0.253 e. The molecule has 0 spiro atoms. The summed E-state index contributed by atoms with van der Waals surface area (Å²) < 4.78 is 28.7. The molecule has 5 aromatic rings. The zero-order valence-corrected chi connectivity index (χ0v) is 27.0. The van der Waals surface area contributed by atoms with Crippen molar-refractivity contribution in [2.45, 2.75) is 31.5 Å². The van der Waals surface area contributed by atoms with Crippen molar-refractivity contribution in [3.63, 3.8) is 0 Å². The van der Waals surface area contributed by atoms with E-state index in [-0.39, 0.29) is 36.1 Å². The van der Waals surface area contributed by atoms with Crippen molar-refractivity contribution in [1.29, 1.82) is 0 Å². The van der Waals surface area contributed by atoms with Gasteiger partial charge in [0.2, 0.25) is 18.9 Å². The molecule has 8 nitrogen and oxygen atoms in total. The quantitative estimate of drug-likeness (QED) is 0.142. The highest BCUT2D eigenvalue weighted by atomic mass is 19.1. The number of likely N-dealkylation sites (tertiary alicyclic amines) is 1. The third kappa shape index (κ3) is 6.55. The molecule has 1 amide bonds. The van der Waals surface area contributed by atoms with Crippen LogP contribution in [-0.4, -0.2) is 71.1 Å². The molecule has 0 N–H and O–H groups in total. The summed E-state index contributed by atoms with van der Waals surface area (Å²) in [5, 5.41) is 0. The summed E-state index contributed by atoms with van der Waals surface area (Å²) in [4.78, 5) is 36.0. The van der Waals surface area contributed by atoms with Crippen molar-refractivity contribution in [2.24, 2.45) is 5.92 Å². The second kappa shape index (κ2) is 14.0. The maximum atomic E-state index is 16.0. The minimum absolute atomic E-state index is 0.0190. The van der Waals surface area contributed by atoms with Gasteiger partial charge in [0.25, 0.3) is 5.91 Å². The van der Waals surface area contributed by atoms with Gasteiger partial charge >= 0.3 is 0 Å². The highest BCUT2D eigenvalue weighted by Gasteiger charge is 2.32. The first kappa shape index (κ1) is 31.6. The van der Waals surface area contributed by atoms with Crippen LogP contribution in [0.15, 0.2) is 103 Å². The second-order valence-corrected chi connectivity index (χ2v) is 12.7. The van der Waals surface area contributed by atoms with E-state index in [1.807, 2.05) is 79.8 Å². The molecular weight excluding hydrogens is 607 g/mol. The van der Waals surface area contributed by atoms with Crippen LogP contribution in [0.1, 0.15) is 63.6 Å². The van der Waals surface area contributed by atoms with Crippen molar-refractivity contribution < 1.29 is 23.5 Å². The fourth-order valence-electron chi connectivity index (χ4n) is 6.89. The van der Waals surface area contributed by atoms with Gasteiger partial charge in [0.05, 0.1) is 11.0 Å². The molecule has 2 unspecified atom stereocenters. The Morgan fingerprint density at radius 2 is 1.56 bits per heavy atom. The van der Waals surface area contributed by atoms with E-state index in [1.165, 1.54) is 4.57 Å². The number of piperidine rings is 1. The maximum Gasteiger partial charge on any atom is 0.253 e. The number of likely N-dealkylation sites (N-methyl/N-ethyl adjacent to an activating group) is 1. The third-order valence-electron chi connectivity index (χ3n) is 9.60. The Hall–Kier alpha value is -5.02. The zero-order chi connectivity index (χ0) is 33.0. The SMILES string of the molecule is CN(CC(CCN1CCC(C(=O)c2nc3ccccc3n2C(F)c2ccccc2)CC1)c1ccc2c(c1)OCO2)C(=O)c1ccccc1. The number of Topliss-reactive ketones (excluding diaryl/α,β-unsaturated/α-hetero) is 1. The van der Waals surface area contributed by atoms with Gasteiger partial charge in [0.1, 0.15) is 0 Å². The molecule has 1 fully saturated rings. The summed E-state index contributed by atoms with van der Waals surface area (Å²) in [6.45, 7) is 3.07. The zero-order valence-electron chi connectivity index (χ0n) is 27.0. The average molecular weight is 647 g/mol. The molecular formula is C39H39FN4O4. The van der Waals surface area contributed by atoms with E-state index in [2.05, 4.69) is 16.0 Å². The van der Waals surface area contributed by atoms with Crippen LogP contribution < -0.4 is 9.47 Å². The number of ketones is 1. The highest BCUT2D eigenvalue weighted by molar-refractivity contribution is 5.98. The number of amides is 1. The second-order valence-electron chi connectivity index (χ2n) is 12.7. The van der Waals surface area contributed by atoms with Crippen molar-refractivity contribution in [3.05, 3.63) is 126 Å². The van der Waals surface area contributed by atoms with Gasteiger partial charge in [-0.1, -0.05) is 66.7 Å². The number of halogens is 1. The van der Waals surface area contributed by atoms with Crippen molar-refractivity contribution in [2.75, 3.05) is 40.0 Å². The van der Waals surface area contributed by atoms with Gasteiger partial charge in [0.15, 0.2) is 17.3 Å². The molecule has 48 heavy (non-hydrogen) atoms. The van der Waals surface area contributed by atoms with E-state index in [0.717, 1.165) is 43.1 Å². The number of aromatic nitrogens is 2. The number of carbonyl (C=O) groups is 2. The third-order valence-corrected chi connectivity index (χ3v) is 9.60. The number of para-hydroxylation sites is 2. The number of nitrogens with zero attached hydrogens (tertiary/aromatic N) is 4. The number of hydrogen-bond acceptors (Lipinski definition) is 6. The average Bonchev–Trinajstić information content (AvgIpc) is 3.78. The number of imidazole rings is 1. The van der Waals surface area contributed by atoms with Gasteiger partial charge < -0.3 is 19.3 Å². The largest absolute Gasteiger partial charge is 0.454 e. The lowest BCUT2D eigenvalue weighted by Crippen LogP contribution is -2.39.